The molecule has 0 bridgehead atoms. The summed E-state index contributed by atoms with van der Waals surface area (Å²) < 4.78 is 27.0. The van der Waals surface area contributed by atoms with Gasteiger partial charge in [-0.1, -0.05) is 19.1 Å². The molecule has 0 N–H and O–H groups in total. The van der Waals surface area contributed by atoms with Gasteiger partial charge < -0.3 is 9.47 Å². The van der Waals surface area contributed by atoms with Crippen molar-refractivity contribution < 1.29 is 13.2 Å². The number of Topliss-reactive ketones (excluding diaryl/α,β-unsaturated/α-hetero) is 1. The van der Waals surface area contributed by atoms with E-state index in [0.29, 0.717) is 17.3 Å². The Morgan fingerprint density at radius 2 is 1.83 bits per heavy atom. The summed E-state index contributed by atoms with van der Waals surface area (Å²) in [6.07, 6.45) is 3.87. The number of fused-ring (bicyclic) bond motifs is 1. The maximum absolute atomic E-state index is 12.3. The molecule has 158 valence electrons. The molecule has 2 heterocycles. The third kappa shape index (κ3) is 3.74. The van der Waals surface area contributed by atoms with E-state index >= 15 is 0 Å². The van der Waals surface area contributed by atoms with E-state index in [1.165, 1.54) is 13.2 Å². The van der Waals surface area contributed by atoms with Gasteiger partial charge in [0.25, 0.3) is 0 Å². The highest BCUT2D eigenvalue weighted by Gasteiger charge is 2.27. The summed E-state index contributed by atoms with van der Waals surface area (Å²) in [6, 6.07) is 13.4. The number of hydrogen-bond donors (Lipinski definition) is 0. The first-order valence-corrected chi connectivity index (χ1v) is 12.2. The number of ketones is 1. The molecule has 2 aromatic carbocycles. The lowest BCUT2D eigenvalue weighted by atomic mass is 10.0. The van der Waals surface area contributed by atoms with Gasteiger partial charge in [-0.15, -0.1) is 0 Å². The molecule has 6 nitrogen and oxygen atoms in total. The highest BCUT2D eigenvalue weighted by Crippen LogP contribution is 2.34. The van der Waals surface area contributed by atoms with Gasteiger partial charge in [-0.2, -0.15) is 0 Å². The molecule has 0 spiro atoms. The van der Waals surface area contributed by atoms with Crippen molar-refractivity contribution in [3.05, 3.63) is 53.9 Å². The average molecular weight is 426 g/mol. The van der Waals surface area contributed by atoms with Crippen LogP contribution >= 0.6 is 0 Å². The Kier molecular flexibility index (Phi) is 5.40. The predicted octanol–water partition coefficient (Wildman–Crippen LogP) is 4.05. The number of hydrogen-bond acceptors (Lipinski definition) is 5. The van der Waals surface area contributed by atoms with Gasteiger partial charge in [-0.05, 0) is 50.1 Å². The number of aryl methyl sites for hydroxylation is 1. The summed E-state index contributed by atoms with van der Waals surface area (Å²) in [5, 5.41) is 0. The van der Waals surface area contributed by atoms with Crippen LogP contribution in [-0.4, -0.2) is 43.1 Å². The van der Waals surface area contributed by atoms with Crippen molar-refractivity contribution in [3.8, 4) is 0 Å². The third-order valence-electron chi connectivity index (χ3n) is 5.92. The molecule has 1 fully saturated rings. The summed E-state index contributed by atoms with van der Waals surface area (Å²) in [7, 11) is -3.39. The molecule has 1 aliphatic heterocycles. The van der Waals surface area contributed by atoms with Crippen molar-refractivity contribution >= 4 is 32.3 Å². The van der Waals surface area contributed by atoms with Crippen LogP contribution in [0.15, 0.2) is 47.4 Å². The molecular weight excluding hydrogens is 398 g/mol. The van der Waals surface area contributed by atoms with Crippen LogP contribution in [-0.2, 0) is 16.3 Å². The molecule has 1 aliphatic rings. The summed E-state index contributed by atoms with van der Waals surface area (Å²) in [5.41, 5.74) is 3.34. The minimum Gasteiger partial charge on any atom is -0.370 e. The van der Waals surface area contributed by atoms with E-state index < -0.39 is 9.84 Å². The number of imidazole rings is 1. The van der Waals surface area contributed by atoms with E-state index in [1.54, 1.807) is 18.2 Å². The summed E-state index contributed by atoms with van der Waals surface area (Å²) >= 11 is 0. The molecule has 7 heteroatoms. The zero-order valence-corrected chi connectivity index (χ0v) is 18.4. The van der Waals surface area contributed by atoms with Crippen molar-refractivity contribution in [2.24, 2.45) is 0 Å². The molecule has 0 radical (unpaired) electrons. The monoisotopic (exact) mass is 425 g/mol. The molecule has 30 heavy (non-hydrogen) atoms. The van der Waals surface area contributed by atoms with Crippen LogP contribution in [0.3, 0.4) is 0 Å². The molecule has 0 atom stereocenters. The maximum Gasteiger partial charge on any atom is 0.177 e. The standard InChI is InChI=1S/C23H27N3O3S/c1-4-23-24-19-7-5-6-8-20(19)26(23)18-11-13-25(14-12-18)21-15-17(16(2)27)9-10-22(21)30(3,28)29/h5-10,15,18H,4,11-14H2,1-3H3. The number of para-hydroxylation sites is 2. The van der Waals surface area contributed by atoms with E-state index in [-0.39, 0.29) is 10.7 Å². The number of aromatic nitrogens is 2. The molecule has 0 aliphatic carbocycles. The van der Waals surface area contributed by atoms with Gasteiger partial charge in [0.05, 0.1) is 21.6 Å². The van der Waals surface area contributed by atoms with Crippen LogP contribution in [0.25, 0.3) is 11.0 Å². The van der Waals surface area contributed by atoms with Gasteiger partial charge in [0.15, 0.2) is 15.6 Å². The number of piperidine rings is 1. The van der Waals surface area contributed by atoms with Crippen LogP contribution in [0.1, 0.15) is 48.9 Å². The first kappa shape index (κ1) is 20.6. The number of sulfone groups is 1. The molecule has 1 aromatic heterocycles. The molecule has 1 saturated heterocycles. The Bertz CT molecular complexity index is 1210. The Labute approximate surface area is 177 Å². The normalized spacial score (nSPS) is 15.6. The molecule has 0 saturated carbocycles. The lowest BCUT2D eigenvalue weighted by Crippen LogP contribution is -2.36. The van der Waals surface area contributed by atoms with Gasteiger partial charge in [-0.25, -0.2) is 13.4 Å². The number of anilines is 1. The second-order valence-corrected chi connectivity index (χ2v) is 9.95. The SMILES string of the molecule is CCc1nc2ccccc2n1C1CCN(c2cc(C(C)=O)ccc2S(C)(=O)=O)CC1. The van der Waals surface area contributed by atoms with Crippen molar-refractivity contribution in [1.29, 1.82) is 0 Å². The quantitative estimate of drug-likeness (QED) is 0.577. The molecular formula is C23H27N3O3S. The van der Waals surface area contributed by atoms with Crippen molar-refractivity contribution in [2.45, 2.75) is 44.0 Å². The highest BCUT2D eigenvalue weighted by atomic mass is 32.2. The molecule has 0 amide bonds. The first-order chi connectivity index (χ1) is 14.3. The van der Waals surface area contributed by atoms with Gasteiger partial charge >= 0.3 is 0 Å². The van der Waals surface area contributed by atoms with E-state index in [1.807, 2.05) is 18.2 Å². The second kappa shape index (κ2) is 7.87. The van der Waals surface area contributed by atoms with E-state index in [4.69, 9.17) is 4.98 Å². The average Bonchev–Trinajstić information content (AvgIpc) is 3.11. The summed E-state index contributed by atoms with van der Waals surface area (Å²) in [5.74, 6) is 1.02. The highest BCUT2D eigenvalue weighted by molar-refractivity contribution is 7.90. The Morgan fingerprint density at radius 3 is 2.47 bits per heavy atom. The summed E-state index contributed by atoms with van der Waals surface area (Å²) in [4.78, 5) is 19.0. The molecule has 0 unspecified atom stereocenters. The van der Waals surface area contributed by atoms with Crippen LogP contribution in [0.2, 0.25) is 0 Å². The largest absolute Gasteiger partial charge is 0.370 e. The smallest absolute Gasteiger partial charge is 0.177 e. The lowest BCUT2D eigenvalue weighted by Gasteiger charge is -2.36. The Morgan fingerprint density at radius 1 is 1.13 bits per heavy atom. The fourth-order valence-electron chi connectivity index (χ4n) is 4.41. The predicted molar refractivity (Wildman–Crippen MR) is 119 cm³/mol. The fourth-order valence-corrected chi connectivity index (χ4v) is 5.30. The number of nitrogens with zero attached hydrogens (tertiary/aromatic N) is 3. The number of rotatable bonds is 5. The van der Waals surface area contributed by atoms with Crippen molar-refractivity contribution in [1.82, 2.24) is 9.55 Å². The third-order valence-corrected chi connectivity index (χ3v) is 7.06. The van der Waals surface area contributed by atoms with Gasteiger partial charge in [0.1, 0.15) is 5.82 Å². The molecule has 3 aromatic rings. The minimum atomic E-state index is -3.39. The lowest BCUT2D eigenvalue weighted by molar-refractivity contribution is 0.101. The van der Waals surface area contributed by atoms with Crippen LogP contribution in [0, 0.1) is 0 Å². The fraction of sp³-hybridized carbons (Fsp3) is 0.391. The number of carbonyl (C=O) groups excluding carboxylic acids is 1. The van der Waals surface area contributed by atoms with E-state index in [0.717, 1.165) is 49.2 Å². The second-order valence-electron chi connectivity index (χ2n) is 7.97. The summed E-state index contributed by atoms with van der Waals surface area (Å²) in [6.45, 7) is 5.08. The minimum absolute atomic E-state index is 0.0661. The van der Waals surface area contributed by atoms with Crippen LogP contribution in [0.4, 0.5) is 5.69 Å². The van der Waals surface area contributed by atoms with Crippen LogP contribution < -0.4 is 4.90 Å². The number of benzene rings is 2. The number of carbonyl (C=O) groups is 1. The first-order valence-electron chi connectivity index (χ1n) is 10.4. The topological polar surface area (TPSA) is 72.3 Å². The molecule has 4 rings (SSSR count). The maximum atomic E-state index is 12.3. The zero-order valence-electron chi connectivity index (χ0n) is 17.6. The van der Waals surface area contributed by atoms with E-state index in [9.17, 15) is 13.2 Å². The van der Waals surface area contributed by atoms with Gasteiger partial charge in [0, 0.05) is 37.4 Å². The Hall–Kier alpha value is -2.67. The van der Waals surface area contributed by atoms with Gasteiger partial charge in [-0.3, -0.25) is 4.79 Å². The van der Waals surface area contributed by atoms with Crippen molar-refractivity contribution in [2.75, 3.05) is 24.2 Å². The van der Waals surface area contributed by atoms with E-state index in [2.05, 4.69) is 22.5 Å². The van der Waals surface area contributed by atoms with Crippen LogP contribution in [0.5, 0.6) is 0 Å². The Balaban J connectivity index is 1.65. The zero-order chi connectivity index (χ0) is 21.5. The van der Waals surface area contributed by atoms with Gasteiger partial charge in [0.2, 0.25) is 0 Å². The van der Waals surface area contributed by atoms with Crippen molar-refractivity contribution in [3.63, 3.8) is 0 Å².